The molecule has 640 valence electrons. The summed E-state index contributed by atoms with van der Waals surface area (Å²) in [6.07, 6.45) is 2.64. The van der Waals surface area contributed by atoms with Gasteiger partial charge < -0.3 is 94.3 Å². The van der Waals surface area contributed by atoms with Crippen LogP contribution in [0.1, 0.15) is 188 Å². The number of benzene rings is 10. The average Bonchev–Trinajstić information content (AvgIpc) is 0.727. The average molecular weight is 1680 g/mol. The number of primary amides is 1. The molecule has 28 heteroatoms. The third-order valence-corrected chi connectivity index (χ3v) is 21.5. The molecule has 11 N–H and O–H groups in total. The fourth-order valence-electron chi connectivity index (χ4n) is 15.3. The Morgan fingerprint density at radius 1 is 0.447 bits per heavy atom. The predicted molar refractivity (Wildman–Crippen MR) is 453 cm³/mol. The topological polar surface area (TPSA) is 445 Å². The summed E-state index contributed by atoms with van der Waals surface area (Å²) >= 11 is 0. The first-order chi connectivity index (χ1) is 58.1. The molecule has 0 spiro atoms. The van der Waals surface area contributed by atoms with Crippen LogP contribution in [0, 0.1) is 0 Å². The van der Waals surface area contributed by atoms with Gasteiger partial charge in [-0.15, -0.1) is 0 Å². The third kappa shape index (κ3) is 17.0. The molecule has 2 aliphatic carbocycles. The van der Waals surface area contributed by atoms with Crippen molar-refractivity contribution in [2.75, 3.05) is 35.5 Å². The Kier molecular flexibility index (Phi) is 25.9. The molecule has 0 saturated carbocycles. The van der Waals surface area contributed by atoms with Crippen LogP contribution >= 0.6 is 0 Å². The number of aromatic hydroxyl groups is 5. The van der Waals surface area contributed by atoms with E-state index in [-0.39, 0.29) is 102 Å². The van der Waals surface area contributed by atoms with Gasteiger partial charge in [-0.2, -0.15) is 0 Å². The van der Waals surface area contributed by atoms with Crippen LogP contribution in [0.5, 0.6) is 46.0 Å². The molecule has 0 radical (unpaired) electrons. The number of nitrogens with two attached hydrogens (primary N) is 1. The molecular formula is C95H93NO27. The zero-order valence-electron chi connectivity index (χ0n) is 70.0. The van der Waals surface area contributed by atoms with E-state index in [1.54, 1.807) is 155 Å². The number of methoxy groups -OCH3 is 5. The maximum atomic E-state index is 12.3. The highest BCUT2D eigenvalue weighted by atomic mass is 16.6. The first kappa shape index (κ1) is 89.8. The second-order valence-corrected chi connectivity index (χ2v) is 31.7. The van der Waals surface area contributed by atoms with Crippen LogP contribution in [0.15, 0.2) is 186 Å². The number of carbonyl (C=O) groups is 9. The van der Waals surface area contributed by atoms with E-state index in [0.717, 1.165) is 22.9 Å². The lowest BCUT2D eigenvalue weighted by molar-refractivity contribution is -0.129. The normalized spacial score (nSPS) is 17.9. The van der Waals surface area contributed by atoms with Crippen molar-refractivity contribution in [3.05, 3.63) is 253 Å². The lowest BCUT2D eigenvalue weighted by atomic mass is 9.84. The van der Waals surface area contributed by atoms with Crippen LogP contribution in [0.3, 0.4) is 0 Å². The summed E-state index contributed by atoms with van der Waals surface area (Å²) in [5, 5.41) is 98.2. The van der Waals surface area contributed by atoms with E-state index in [1.165, 1.54) is 47.7 Å². The summed E-state index contributed by atoms with van der Waals surface area (Å²) in [7, 11) is 6.43. The van der Waals surface area contributed by atoms with E-state index in [9.17, 15) is 89.1 Å². The van der Waals surface area contributed by atoms with Crippen molar-refractivity contribution in [2.45, 2.75) is 135 Å². The van der Waals surface area contributed by atoms with E-state index < -0.39 is 93.9 Å². The predicted octanol–water partition coefficient (Wildman–Crippen LogP) is 14.3. The largest absolute Gasteiger partial charge is 0.507 e. The summed E-state index contributed by atoms with van der Waals surface area (Å²) < 4.78 is 48.2. The Morgan fingerprint density at radius 2 is 0.829 bits per heavy atom. The molecule has 1 amide bonds. The molecule has 0 bridgehead atoms. The number of allylic oxidation sites excluding steroid dienone is 5. The molecule has 6 aliphatic rings. The van der Waals surface area contributed by atoms with Crippen LogP contribution < -0.4 is 19.9 Å². The first-order valence-electron chi connectivity index (χ1n) is 38.7. The molecule has 4 atom stereocenters. The van der Waals surface area contributed by atoms with Gasteiger partial charge in [0.2, 0.25) is 17.3 Å². The van der Waals surface area contributed by atoms with Crippen LogP contribution in [-0.4, -0.2) is 169 Å². The number of ether oxygens (including phenoxy) is 9. The fraction of sp³-hybridized carbons (Fsp3) is 0.274. The molecule has 0 saturated heterocycles. The number of aliphatic hydroxyl groups excluding tert-OH is 4. The highest BCUT2D eigenvalue weighted by Crippen LogP contribution is 2.53. The van der Waals surface area contributed by atoms with Gasteiger partial charge in [-0.3, -0.25) is 24.0 Å². The van der Waals surface area contributed by atoms with Gasteiger partial charge in [-0.25, -0.2) is 19.2 Å². The van der Waals surface area contributed by atoms with E-state index in [4.69, 9.17) is 48.4 Å². The van der Waals surface area contributed by atoms with Crippen molar-refractivity contribution in [3.8, 4) is 46.0 Å². The van der Waals surface area contributed by atoms with Crippen molar-refractivity contribution >= 4 is 102 Å². The van der Waals surface area contributed by atoms with E-state index in [0.29, 0.717) is 84.3 Å². The van der Waals surface area contributed by atoms with Crippen LogP contribution in [0.4, 0.5) is 0 Å². The van der Waals surface area contributed by atoms with Gasteiger partial charge in [0.15, 0.2) is 11.5 Å². The van der Waals surface area contributed by atoms with Crippen molar-refractivity contribution in [3.63, 3.8) is 0 Å². The van der Waals surface area contributed by atoms with E-state index in [2.05, 4.69) is 0 Å². The van der Waals surface area contributed by atoms with Gasteiger partial charge in [0.1, 0.15) is 126 Å². The Balaban J connectivity index is 0.000000144. The van der Waals surface area contributed by atoms with Gasteiger partial charge in [0.05, 0.1) is 34.0 Å². The molecule has 10 aromatic carbocycles. The van der Waals surface area contributed by atoms with E-state index in [1.807, 2.05) is 65.8 Å². The Labute approximate surface area is 705 Å². The molecule has 0 fully saturated rings. The lowest BCUT2D eigenvalue weighted by Crippen LogP contribution is -2.50. The van der Waals surface area contributed by atoms with Crippen molar-refractivity contribution in [2.24, 2.45) is 5.73 Å². The number of fused-ring (bicyclic) bond motifs is 12. The SMILES string of the molecule is CC1(C)C=CC2=C(O1)C(=O)c1ccccc1C2=O.COC(=O)c1c(CC=C(C)C)c(O)c2ccccc2c1O.COC(=O)c1c2c(c3ccccc3c1O)OC(C)(C)C(O)C2O.COC(=O)c1c2c(c3ccccc3c1O)OC(C)(C)C(OC)C2O.COC(=O)c1c2c(c3ccccc3c1O)OC(C)(C)CC2.NC(=O)C1=C(O)c2ccccc2C(=O)C1=O. The number of hydrogen-bond donors (Lipinski definition) is 10. The number of phenols is 5. The Hall–Kier alpha value is -13.9. The zero-order valence-corrected chi connectivity index (χ0v) is 70.0. The van der Waals surface area contributed by atoms with Crippen LogP contribution in [0.2, 0.25) is 0 Å². The van der Waals surface area contributed by atoms with Gasteiger partial charge >= 0.3 is 23.9 Å². The van der Waals surface area contributed by atoms with Gasteiger partial charge in [0, 0.05) is 94.7 Å². The maximum absolute atomic E-state index is 12.3. The number of aliphatic hydroxyl groups is 4. The monoisotopic (exact) mass is 1680 g/mol. The molecule has 10 aromatic rings. The summed E-state index contributed by atoms with van der Waals surface area (Å²) in [6, 6.07) is 40.9. The molecule has 4 heterocycles. The number of carbonyl (C=O) groups excluding carboxylic acids is 9. The summed E-state index contributed by atoms with van der Waals surface area (Å²) in [4.78, 5) is 107. The Bertz CT molecular complexity index is 6170. The minimum atomic E-state index is -1.39. The van der Waals surface area contributed by atoms with Crippen molar-refractivity contribution in [1.82, 2.24) is 0 Å². The smallest absolute Gasteiger partial charge is 0.342 e. The second-order valence-electron chi connectivity index (χ2n) is 31.7. The molecule has 16 rings (SSSR count). The van der Waals surface area contributed by atoms with Crippen molar-refractivity contribution in [1.29, 1.82) is 0 Å². The summed E-state index contributed by atoms with van der Waals surface area (Å²) in [5.74, 6) is -5.90. The number of phenolic OH excluding ortho intramolecular Hbond substituents is 5. The number of Topliss-reactive ketones (excluding diaryl/α,β-unsaturated/α-hetero) is 4. The van der Waals surface area contributed by atoms with Crippen LogP contribution in [0.25, 0.3) is 48.8 Å². The van der Waals surface area contributed by atoms with Crippen LogP contribution in [-0.2, 0) is 50.9 Å². The molecule has 0 aromatic heterocycles. The highest BCUT2D eigenvalue weighted by molar-refractivity contribution is 6.57. The van der Waals surface area contributed by atoms with Gasteiger partial charge in [0.25, 0.3) is 5.91 Å². The standard InChI is InChI=1S/C18H20O6.C17H18O6.2C17H18O4.C15H12O3.C11H7NO4/c1-18(2)16(22-3)14(20)11-12(17(21)23-4)13(19)9-7-5-6-8-10(9)15(11)24-18;1-17(2)15(20)13(19)10-11(16(21)22-3)12(18)8-6-4-5-7-9(8)14(10)23-17;1-17(2)9-8-12-13(16(19)20-3)14(18)10-6-4-5-7-11(10)15(12)21-17;1-10(2)8-9-13-14(17(20)21-3)16(19)12-7-5-4-6-11(12)15(13)18;1-15(2)8-7-11-12(16)9-5-3-4-6-10(9)13(17)14(11)18-15;12-11(16)7-8(13)5-3-1-2-4-6(5)9(14)10(7)15/h5-8,14,16,19-20H,1-4H3;4-7,13,15,18-20H,1-3H3;4-7,18H,8-9H2,1-3H3;4-8,18-19H,9H2,1-3H3;3-8H,1-2H3;1-4,13H,(H2,12,16). The zero-order chi connectivity index (χ0) is 90.1. The number of amides is 1. The molecule has 4 unspecified atom stereocenters. The second kappa shape index (κ2) is 35.4. The first-order valence-corrected chi connectivity index (χ1v) is 38.7. The fourth-order valence-corrected chi connectivity index (χ4v) is 15.3. The number of hydrogen-bond acceptors (Lipinski definition) is 27. The minimum absolute atomic E-state index is 0.00120. The summed E-state index contributed by atoms with van der Waals surface area (Å²) in [6.45, 7) is 18.5. The Morgan fingerprint density at radius 3 is 1.29 bits per heavy atom. The molecule has 28 nitrogen and oxygen atoms in total. The van der Waals surface area contributed by atoms with Gasteiger partial charge in [-0.05, 0) is 101 Å². The number of esters is 4. The highest BCUT2D eigenvalue weighted by Gasteiger charge is 2.49. The molecule has 123 heavy (non-hydrogen) atoms. The minimum Gasteiger partial charge on any atom is -0.507 e. The maximum Gasteiger partial charge on any atom is 0.342 e. The lowest BCUT2D eigenvalue weighted by Gasteiger charge is -2.43. The van der Waals surface area contributed by atoms with Gasteiger partial charge in [-0.1, -0.05) is 157 Å². The van der Waals surface area contributed by atoms with Crippen molar-refractivity contribution < 1.29 is 132 Å². The molecule has 4 aliphatic heterocycles. The van der Waals surface area contributed by atoms with E-state index >= 15 is 0 Å². The third-order valence-electron chi connectivity index (χ3n) is 21.5. The number of ketones is 4. The summed E-state index contributed by atoms with van der Waals surface area (Å²) in [5.41, 5.74) is 5.37. The molecular weight excluding hydrogens is 1590 g/mol. The number of rotatable bonds is 8. The quantitative estimate of drug-likeness (QED) is 0.0169.